The number of primary amides is 1. The van der Waals surface area contributed by atoms with E-state index in [1.54, 1.807) is 18.3 Å². The third kappa shape index (κ3) is 11.2. The van der Waals surface area contributed by atoms with Crippen LogP contribution in [0.3, 0.4) is 0 Å². The summed E-state index contributed by atoms with van der Waals surface area (Å²) in [6, 6.07) is 18.3. The molecule has 5 rings (SSSR count). The van der Waals surface area contributed by atoms with E-state index in [9.17, 15) is 29.1 Å². The van der Waals surface area contributed by atoms with Crippen molar-refractivity contribution >= 4 is 40.4 Å². The fraction of sp³-hybridized carbons (Fsp3) is 0.405. The van der Waals surface area contributed by atoms with Crippen molar-refractivity contribution in [3.8, 4) is 5.75 Å². The Balaban J connectivity index is 1.36. The predicted octanol–water partition coefficient (Wildman–Crippen LogP) is 3.13. The number of aromatic nitrogens is 1. The summed E-state index contributed by atoms with van der Waals surface area (Å²) in [6.45, 7) is 2.41. The van der Waals surface area contributed by atoms with Crippen molar-refractivity contribution < 1.29 is 29.1 Å². The maximum Gasteiger partial charge on any atom is 0.243 e. The van der Waals surface area contributed by atoms with E-state index in [-0.39, 0.29) is 30.9 Å². The molecule has 5 atom stereocenters. The molecule has 5 amide bonds. The molecule has 1 unspecified atom stereocenters. The third-order valence-electron chi connectivity index (χ3n) is 10.2. The minimum atomic E-state index is -1.14. The summed E-state index contributed by atoms with van der Waals surface area (Å²) in [5.74, 6) is -2.62. The second kappa shape index (κ2) is 19.6. The van der Waals surface area contributed by atoms with Crippen molar-refractivity contribution in [1.29, 1.82) is 0 Å². The molecule has 1 aliphatic rings. The molecular weight excluding hydrogens is 699 g/mol. The number of H-pyrrole nitrogens is 1. The number of aromatic amines is 1. The van der Waals surface area contributed by atoms with Gasteiger partial charge in [-0.1, -0.05) is 93.3 Å². The molecule has 1 aliphatic heterocycles. The van der Waals surface area contributed by atoms with E-state index in [4.69, 9.17) is 11.5 Å². The number of hydrogen-bond donors (Lipinski definition) is 7. The van der Waals surface area contributed by atoms with Crippen LogP contribution in [0.5, 0.6) is 5.75 Å². The highest BCUT2D eigenvalue weighted by atomic mass is 16.3. The van der Waals surface area contributed by atoms with Crippen LogP contribution in [0.4, 0.5) is 0 Å². The van der Waals surface area contributed by atoms with Gasteiger partial charge in [0.1, 0.15) is 29.9 Å². The Labute approximate surface area is 321 Å². The molecule has 0 spiro atoms. The zero-order chi connectivity index (χ0) is 39.3. The standard InChI is InChI=1S/C42H53N7O6/c1-2-3-4-8-16-34(38(44)51)46-39(52)35(24-27-12-6-5-7-13-27)47-40(53)36(25-29-26-45-33-15-10-9-14-31(29)33)48-41(54)37-17-11-22-49(37)42(55)32(43)23-28-18-20-30(50)21-19-28/h5-7,9-10,12-15,18-21,26,32,34-37,45,50H,2-4,8,11,16-17,22-25,43H2,1H3,(H2,44,51)(H,46,52)(H,47,53)(H,48,54)/t32-,34?,35-,36-,37-/m0/s1. The summed E-state index contributed by atoms with van der Waals surface area (Å²) >= 11 is 0. The van der Waals surface area contributed by atoms with Gasteiger partial charge in [0.05, 0.1) is 6.04 Å². The first-order valence-electron chi connectivity index (χ1n) is 19.2. The zero-order valence-corrected chi connectivity index (χ0v) is 31.3. The van der Waals surface area contributed by atoms with Crippen molar-refractivity contribution in [1.82, 2.24) is 25.8 Å². The van der Waals surface area contributed by atoms with Crippen molar-refractivity contribution in [2.75, 3.05) is 6.54 Å². The summed E-state index contributed by atoms with van der Waals surface area (Å²) in [6.07, 6.45) is 7.16. The Bertz CT molecular complexity index is 1910. The van der Waals surface area contributed by atoms with Gasteiger partial charge < -0.3 is 42.4 Å². The number of benzene rings is 3. The molecule has 1 saturated heterocycles. The normalized spacial score (nSPS) is 16.2. The number of amides is 5. The van der Waals surface area contributed by atoms with Gasteiger partial charge in [-0.3, -0.25) is 24.0 Å². The van der Waals surface area contributed by atoms with Gasteiger partial charge in [0.2, 0.25) is 29.5 Å². The maximum atomic E-state index is 14.3. The predicted molar refractivity (Wildman–Crippen MR) is 210 cm³/mol. The van der Waals surface area contributed by atoms with Gasteiger partial charge in [0.25, 0.3) is 0 Å². The number of nitrogens with zero attached hydrogens (tertiary/aromatic N) is 1. The zero-order valence-electron chi connectivity index (χ0n) is 31.3. The molecule has 4 aromatic rings. The van der Waals surface area contributed by atoms with Crippen LogP contribution in [0.1, 0.15) is 68.6 Å². The van der Waals surface area contributed by atoms with Crippen molar-refractivity contribution in [3.63, 3.8) is 0 Å². The number of carbonyl (C=O) groups excluding carboxylic acids is 5. The van der Waals surface area contributed by atoms with E-state index >= 15 is 0 Å². The number of phenolic OH excluding ortho intramolecular Hbond substituents is 1. The minimum Gasteiger partial charge on any atom is -0.508 e. The third-order valence-corrected chi connectivity index (χ3v) is 10.2. The number of para-hydroxylation sites is 1. The maximum absolute atomic E-state index is 14.3. The van der Waals surface area contributed by atoms with Gasteiger partial charge in [-0.25, -0.2) is 0 Å². The van der Waals surface area contributed by atoms with E-state index in [0.717, 1.165) is 46.9 Å². The van der Waals surface area contributed by atoms with Crippen LogP contribution in [0.25, 0.3) is 10.9 Å². The van der Waals surface area contributed by atoms with E-state index in [0.29, 0.717) is 32.2 Å². The first-order valence-corrected chi connectivity index (χ1v) is 19.2. The number of hydrogen-bond acceptors (Lipinski definition) is 7. The number of unbranched alkanes of at least 4 members (excludes halogenated alkanes) is 3. The fourth-order valence-electron chi connectivity index (χ4n) is 7.15. The SMILES string of the molecule is CCCCCCC(NC(=O)[C@H](Cc1ccccc1)NC(=O)[C@H](Cc1c[nH]c2ccccc12)NC(=O)[C@@H]1CCCN1C(=O)[C@@H](N)Cc1ccc(O)cc1)C(N)=O. The summed E-state index contributed by atoms with van der Waals surface area (Å²) in [4.78, 5) is 73.0. The number of fused-ring (bicyclic) bond motifs is 1. The lowest BCUT2D eigenvalue weighted by Gasteiger charge is -2.29. The molecule has 1 aromatic heterocycles. The van der Waals surface area contributed by atoms with Crippen LogP contribution in [0, 0.1) is 0 Å². The molecule has 0 aliphatic carbocycles. The Morgan fingerprint density at radius 3 is 2.16 bits per heavy atom. The molecule has 1 fully saturated rings. The van der Waals surface area contributed by atoms with Crippen LogP contribution in [-0.4, -0.2) is 81.3 Å². The highest BCUT2D eigenvalue weighted by Gasteiger charge is 2.38. The largest absolute Gasteiger partial charge is 0.508 e. The highest BCUT2D eigenvalue weighted by molar-refractivity contribution is 5.96. The van der Waals surface area contributed by atoms with Gasteiger partial charge in [-0.05, 0) is 60.6 Å². The molecule has 0 radical (unpaired) electrons. The molecule has 9 N–H and O–H groups in total. The van der Waals surface area contributed by atoms with Gasteiger partial charge >= 0.3 is 0 Å². The second-order valence-electron chi connectivity index (χ2n) is 14.4. The first kappa shape index (κ1) is 40.5. The van der Waals surface area contributed by atoms with E-state index < -0.39 is 53.8 Å². The average molecular weight is 752 g/mol. The van der Waals surface area contributed by atoms with Crippen LogP contribution in [0.2, 0.25) is 0 Å². The molecule has 13 nitrogen and oxygen atoms in total. The van der Waals surface area contributed by atoms with Crippen molar-refractivity contribution in [2.45, 2.75) is 101 Å². The molecule has 0 bridgehead atoms. The van der Waals surface area contributed by atoms with Crippen molar-refractivity contribution in [3.05, 3.63) is 102 Å². The number of carbonyl (C=O) groups is 5. The Morgan fingerprint density at radius 2 is 1.45 bits per heavy atom. The Hall–Kier alpha value is -5.69. The number of nitrogens with one attached hydrogen (secondary N) is 4. The molecule has 292 valence electrons. The van der Waals surface area contributed by atoms with Gasteiger partial charge in [0, 0.05) is 36.5 Å². The quantitative estimate of drug-likeness (QED) is 0.0711. The minimum absolute atomic E-state index is 0.0869. The van der Waals surface area contributed by atoms with Crippen LogP contribution in [-0.2, 0) is 43.2 Å². The van der Waals surface area contributed by atoms with E-state index in [1.165, 1.54) is 17.0 Å². The van der Waals surface area contributed by atoms with E-state index in [1.807, 2.05) is 54.6 Å². The topological polar surface area (TPSA) is 213 Å². The smallest absolute Gasteiger partial charge is 0.243 e. The van der Waals surface area contributed by atoms with Gasteiger partial charge in [-0.2, -0.15) is 0 Å². The second-order valence-corrected chi connectivity index (χ2v) is 14.4. The van der Waals surface area contributed by atoms with Crippen LogP contribution >= 0.6 is 0 Å². The number of likely N-dealkylation sites (tertiary alicyclic amines) is 1. The van der Waals surface area contributed by atoms with Gasteiger partial charge in [-0.15, -0.1) is 0 Å². The molecule has 3 aromatic carbocycles. The number of phenols is 1. The first-order chi connectivity index (χ1) is 26.5. The Kier molecular flexibility index (Phi) is 14.4. The molecular formula is C42H53N7O6. The fourth-order valence-corrected chi connectivity index (χ4v) is 7.15. The van der Waals surface area contributed by atoms with Crippen LogP contribution < -0.4 is 27.4 Å². The number of rotatable bonds is 19. The lowest BCUT2D eigenvalue weighted by Crippen LogP contribution is -2.59. The molecule has 13 heteroatoms. The van der Waals surface area contributed by atoms with Crippen molar-refractivity contribution in [2.24, 2.45) is 11.5 Å². The summed E-state index contributed by atoms with van der Waals surface area (Å²) < 4.78 is 0. The van der Waals surface area contributed by atoms with E-state index in [2.05, 4.69) is 27.9 Å². The lowest BCUT2D eigenvalue weighted by atomic mass is 10.0. The van der Waals surface area contributed by atoms with Crippen LogP contribution in [0.15, 0.2) is 85.1 Å². The number of nitrogens with two attached hydrogens (primary N) is 2. The summed E-state index contributed by atoms with van der Waals surface area (Å²) in [7, 11) is 0. The molecule has 55 heavy (non-hydrogen) atoms. The van der Waals surface area contributed by atoms with Gasteiger partial charge in [0.15, 0.2) is 0 Å². The highest BCUT2D eigenvalue weighted by Crippen LogP contribution is 2.22. The molecule has 0 saturated carbocycles. The summed E-state index contributed by atoms with van der Waals surface area (Å²) in [5.41, 5.74) is 15.2. The molecule has 2 heterocycles. The summed E-state index contributed by atoms with van der Waals surface area (Å²) in [5, 5.41) is 19.1. The number of aromatic hydroxyl groups is 1. The lowest BCUT2D eigenvalue weighted by molar-refractivity contribution is -0.140. The monoisotopic (exact) mass is 751 g/mol. The Morgan fingerprint density at radius 1 is 0.800 bits per heavy atom. The average Bonchev–Trinajstić information content (AvgIpc) is 3.84.